The Labute approximate surface area is 82.7 Å². The van der Waals surface area contributed by atoms with Gasteiger partial charge in [0.15, 0.2) is 0 Å². The number of hydrogen-bond donors (Lipinski definition) is 1. The van der Waals surface area contributed by atoms with Crippen LogP contribution in [-0.4, -0.2) is 10.4 Å². The molecule has 0 radical (unpaired) electrons. The molecule has 0 saturated heterocycles. The highest BCUT2D eigenvalue weighted by molar-refractivity contribution is 9.12. The number of phenols is 1. The number of phenolic OH excluding ortho intramolecular Hbond substituents is 1. The Bertz CT molecular complexity index is 237. The normalized spacial score (nSPS) is 12.9. The third-order valence-electron chi connectivity index (χ3n) is 1.41. The van der Waals surface area contributed by atoms with Crippen molar-refractivity contribution < 1.29 is 5.11 Å². The van der Waals surface area contributed by atoms with Crippen LogP contribution in [0.15, 0.2) is 24.3 Å². The van der Waals surface area contributed by atoms with Crippen molar-refractivity contribution >= 4 is 31.9 Å². The second-order valence-corrected chi connectivity index (χ2v) is 3.93. The maximum absolute atomic E-state index is 9.36. The van der Waals surface area contributed by atoms with Crippen LogP contribution in [0.1, 0.15) is 10.4 Å². The smallest absolute Gasteiger partial charge is 0.119 e. The molecular formula is C8H8Br2O. The fraction of sp³-hybridized carbons (Fsp3) is 0.250. The average molecular weight is 280 g/mol. The molecular weight excluding hydrogens is 272 g/mol. The van der Waals surface area contributed by atoms with Gasteiger partial charge in [-0.1, -0.05) is 50.1 Å². The van der Waals surface area contributed by atoms with E-state index in [-0.39, 0.29) is 4.83 Å². The highest BCUT2D eigenvalue weighted by atomic mass is 79.9. The SMILES string of the molecule is Oc1ccccc1C(Br)CBr. The van der Waals surface area contributed by atoms with Crippen LogP contribution < -0.4 is 0 Å². The molecule has 60 valence electrons. The van der Waals surface area contributed by atoms with Gasteiger partial charge in [0, 0.05) is 10.9 Å². The van der Waals surface area contributed by atoms with E-state index in [0.717, 1.165) is 10.9 Å². The molecule has 0 aliphatic carbocycles. The fourth-order valence-electron chi connectivity index (χ4n) is 0.836. The largest absolute Gasteiger partial charge is 0.508 e. The summed E-state index contributed by atoms with van der Waals surface area (Å²) in [4.78, 5) is 0.184. The van der Waals surface area contributed by atoms with Crippen LogP contribution in [0.4, 0.5) is 0 Å². The van der Waals surface area contributed by atoms with E-state index in [2.05, 4.69) is 31.9 Å². The summed E-state index contributed by atoms with van der Waals surface area (Å²) >= 11 is 6.76. The molecule has 1 unspecified atom stereocenters. The van der Waals surface area contributed by atoms with Gasteiger partial charge in [-0.15, -0.1) is 0 Å². The van der Waals surface area contributed by atoms with Gasteiger partial charge in [-0.25, -0.2) is 0 Å². The van der Waals surface area contributed by atoms with Gasteiger partial charge in [-0.05, 0) is 6.07 Å². The van der Waals surface area contributed by atoms with E-state index in [9.17, 15) is 5.11 Å². The van der Waals surface area contributed by atoms with Crippen LogP contribution in [0.3, 0.4) is 0 Å². The predicted molar refractivity (Wildman–Crippen MR) is 53.6 cm³/mol. The topological polar surface area (TPSA) is 20.2 Å². The summed E-state index contributed by atoms with van der Waals surface area (Å²) in [5.41, 5.74) is 0.921. The minimum absolute atomic E-state index is 0.184. The van der Waals surface area contributed by atoms with E-state index in [1.165, 1.54) is 0 Å². The summed E-state index contributed by atoms with van der Waals surface area (Å²) in [6, 6.07) is 7.31. The molecule has 1 atom stereocenters. The Morgan fingerprint density at radius 2 is 2.00 bits per heavy atom. The zero-order chi connectivity index (χ0) is 8.27. The minimum Gasteiger partial charge on any atom is -0.508 e. The van der Waals surface area contributed by atoms with Crippen molar-refractivity contribution in [3.8, 4) is 5.75 Å². The Morgan fingerprint density at radius 1 is 1.36 bits per heavy atom. The summed E-state index contributed by atoms with van der Waals surface area (Å²) in [7, 11) is 0. The maximum atomic E-state index is 9.36. The minimum atomic E-state index is 0.184. The zero-order valence-electron chi connectivity index (χ0n) is 5.80. The monoisotopic (exact) mass is 278 g/mol. The molecule has 1 rings (SSSR count). The molecule has 1 aromatic rings. The van der Waals surface area contributed by atoms with Crippen molar-refractivity contribution in [1.82, 2.24) is 0 Å². The second kappa shape index (κ2) is 4.12. The van der Waals surface area contributed by atoms with Crippen LogP contribution in [-0.2, 0) is 0 Å². The number of rotatable bonds is 2. The van der Waals surface area contributed by atoms with E-state index >= 15 is 0 Å². The van der Waals surface area contributed by atoms with Crippen molar-refractivity contribution in [1.29, 1.82) is 0 Å². The molecule has 0 saturated carbocycles. The van der Waals surface area contributed by atoms with Crippen molar-refractivity contribution in [2.24, 2.45) is 0 Å². The van der Waals surface area contributed by atoms with Gasteiger partial charge in [-0.2, -0.15) is 0 Å². The molecule has 1 nitrogen and oxygen atoms in total. The first-order valence-electron chi connectivity index (χ1n) is 3.23. The molecule has 0 amide bonds. The predicted octanol–water partition coefficient (Wildman–Crippen LogP) is 3.22. The molecule has 1 aromatic carbocycles. The average Bonchev–Trinajstić information content (AvgIpc) is 2.04. The standard InChI is InChI=1S/C8H8Br2O/c9-5-7(10)6-3-1-2-4-8(6)11/h1-4,7,11H,5H2. The summed E-state index contributed by atoms with van der Waals surface area (Å²) in [5, 5.41) is 10.2. The van der Waals surface area contributed by atoms with E-state index in [0.29, 0.717) is 5.75 Å². The van der Waals surface area contributed by atoms with E-state index < -0.39 is 0 Å². The fourth-order valence-corrected chi connectivity index (χ4v) is 1.57. The highest BCUT2D eigenvalue weighted by Crippen LogP contribution is 2.30. The third kappa shape index (κ3) is 2.20. The maximum Gasteiger partial charge on any atom is 0.119 e. The molecule has 0 aliphatic rings. The van der Waals surface area contributed by atoms with Gasteiger partial charge in [0.2, 0.25) is 0 Å². The van der Waals surface area contributed by atoms with E-state index in [4.69, 9.17) is 0 Å². The molecule has 0 heterocycles. The number of hydrogen-bond acceptors (Lipinski definition) is 1. The Kier molecular flexibility index (Phi) is 3.40. The highest BCUT2D eigenvalue weighted by Gasteiger charge is 2.08. The number of benzene rings is 1. The Hall–Kier alpha value is -0.0200. The number of para-hydroxylation sites is 1. The third-order valence-corrected chi connectivity index (χ3v) is 3.74. The van der Waals surface area contributed by atoms with E-state index in [1.807, 2.05) is 18.2 Å². The van der Waals surface area contributed by atoms with Gasteiger partial charge in [0.25, 0.3) is 0 Å². The first-order valence-corrected chi connectivity index (χ1v) is 5.27. The van der Waals surface area contributed by atoms with Gasteiger partial charge in [-0.3, -0.25) is 0 Å². The van der Waals surface area contributed by atoms with Crippen LogP contribution in [0, 0.1) is 0 Å². The number of alkyl halides is 2. The quantitative estimate of drug-likeness (QED) is 0.824. The second-order valence-electron chi connectivity index (χ2n) is 2.18. The lowest BCUT2D eigenvalue weighted by Crippen LogP contribution is -1.89. The summed E-state index contributed by atoms with van der Waals surface area (Å²) in [6.45, 7) is 0. The summed E-state index contributed by atoms with van der Waals surface area (Å²) in [6.07, 6.45) is 0. The number of halogens is 2. The molecule has 3 heteroatoms. The molecule has 0 spiro atoms. The zero-order valence-corrected chi connectivity index (χ0v) is 8.97. The van der Waals surface area contributed by atoms with Crippen LogP contribution in [0.5, 0.6) is 5.75 Å². The molecule has 11 heavy (non-hydrogen) atoms. The molecule has 0 fully saturated rings. The van der Waals surface area contributed by atoms with Crippen molar-refractivity contribution in [2.75, 3.05) is 5.33 Å². The van der Waals surface area contributed by atoms with Crippen LogP contribution in [0.2, 0.25) is 0 Å². The molecule has 0 bridgehead atoms. The van der Waals surface area contributed by atoms with E-state index in [1.54, 1.807) is 6.07 Å². The molecule has 0 aromatic heterocycles. The van der Waals surface area contributed by atoms with Crippen LogP contribution >= 0.6 is 31.9 Å². The van der Waals surface area contributed by atoms with Crippen molar-refractivity contribution in [2.45, 2.75) is 4.83 Å². The number of aromatic hydroxyl groups is 1. The van der Waals surface area contributed by atoms with Crippen molar-refractivity contribution in [3.05, 3.63) is 29.8 Å². The van der Waals surface area contributed by atoms with Gasteiger partial charge in [0.05, 0.1) is 4.83 Å². The molecule has 0 aliphatic heterocycles. The Morgan fingerprint density at radius 3 is 2.55 bits per heavy atom. The summed E-state index contributed by atoms with van der Waals surface area (Å²) < 4.78 is 0. The van der Waals surface area contributed by atoms with Gasteiger partial charge < -0.3 is 5.11 Å². The summed E-state index contributed by atoms with van der Waals surface area (Å²) in [5.74, 6) is 0.342. The lowest BCUT2D eigenvalue weighted by atomic mass is 10.1. The van der Waals surface area contributed by atoms with Gasteiger partial charge in [0.1, 0.15) is 5.75 Å². The van der Waals surface area contributed by atoms with Gasteiger partial charge >= 0.3 is 0 Å². The molecule has 1 N–H and O–H groups in total. The first kappa shape index (κ1) is 9.07. The van der Waals surface area contributed by atoms with Crippen LogP contribution in [0.25, 0.3) is 0 Å². The Balaban J connectivity index is 2.93. The lowest BCUT2D eigenvalue weighted by Gasteiger charge is -2.07. The van der Waals surface area contributed by atoms with Crippen molar-refractivity contribution in [3.63, 3.8) is 0 Å². The lowest BCUT2D eigenvalue weighted by molar-refractivity contribution is 0.469. The first-order chi connectivity index (χ1) is 5.25.